The summed E-state index contributed by atoms with van der Waals surface area (Å²) in [7, 11) is 0. The monoisotopic (exact) mass is 476 g/mol. The Bertz CT molecular complexity index is 1340. The first-order valence-electron chi connectivity index (χ1n) is 11.6. The third-order valence-electron chi connectivity index (χ3n) is 6.35. The molecule has 10 heteroatoms. The molecular weight excluding hydrogens is 452 g/mol. The maximum atomic E-state index is 12.7. The van der Waals surface area contributed by atoms with Gasteiger partial charge in [-0.25, -0.2) is 9.78 Å². The highest BCUT2D eigenvalue weighted by atomic mass is 16.6. The SMILES string of the molecule is O=C(NCC1COC1)c1ccc2c(c1)CCn1c-2cc(OCC2COc3ncccc3O2)nc1=O. The van der Waals surface area contributed by atoms with Gasteiger partial charge in [0.15, 0.2) is 11.9 Å². The molecule has 1 N–H and O–H groups in total. The molecule has 5 heterocycles. The molecule has 6 rings (SSSR count). The van der Waals surface area contributed by atoms with Crippen LogP contribution in [0.5, 0.6) is 17.5 Å². The van der Waals surface area contributed by atoms with Crippen molar-refractivity contribution in [2.75, 3.05) is 33.0 Å². The number of aryl methyl sites for hydroxylation is 1. The van der Waals surface area contributed by atoms with E-state index < -0.39 is 0 Å². The molecule has 35 heavy (non-hydrogen) atoms. The van der Waals surface area contributed by atoms with E-state index in [1.807, 2.05) is 12.1 Å². The molecule has 1 amide bonds. The fourth-order valence-electron chi connectivity index (χ4n) is 4.38. The predicted octanol–water partition coefficient (Wildman–Crippen LogP) is 1.46. The minimum absolute atomic E-state index is 0.104. The number of rotatable bonds is 6. The van der Waals surface area contributed by atoms with Crippen LogP contribution in [-0.4, -0.2) is 59.5 Å². The van der Waals surface area contributed by atoms with E-state index in [0.717, 1.165) is 16.8 Å². The van der Waals surface area contributed by atoms with Crippen LogP contribution in [0.25, 0.3) is 11.3 Å². The lowest BCUT2D eigenvalue weighted by molar-refractivity contribution is -0.0298. The number of aromatic nitrogens is 3. The van der Waals surface area contributed by atoms with Gasteiger partial charge in [-0.05, 0) is 36.2 Å². The Morgan fingerprint density at radius 2 is 2.11 bits per heavy atom. The molecule has 0 aliphatic carbocycles. The van der Waals surface area contributed by atoms with Gasteiger partial charge in [0, 0.05) is 42.4 Å². The summed E-state index contributed by atoms with van der Waals surface area (Å²) in [5.74, 6) is 1.52. The molecule has 1 fully saturated rings. The lowest BCUT2D eigenvalue weighted by atomic mass is 9.95. The van der Waals surface area contributed by atoms with Crippen molar-refractivity contribution in [3.05, 3.63) is 64.2 Å². The molecule has 1 atom stereocenters. The number of nitrogens with one attached hydrogen (secondary N) is 1. The van der Waals surface area contributed by atoms with E-state index in [9.17, 15) is 9.59 Å². The van der Waals surface area contributed by atoms with E-state index in [1.165, 1.54) is 0 Å². The summed E-state index contributed by atoms with van der Waals surface area (Å²) in [6, 6.07) is 10.9. The van der Waals surface area contributed by atoms with Crippen LogP contribution in [0.15, 0.2) is 47.4 Å². The number of nitrogens with zero attached hydrogens (tertiary/aromatic N) is 3. The Balaban J connectivity index is 1.18. The first kappa shape index (κ1) is 21.6. The summed E-state index contributed by atoms with van der Waals surface area (Å²) in [6.45, 7) is 2.94. The molecule has 1 aromatic carbocycles. The van der Waals surface area contributed by atoms with Gasteiger partial charge in [0.1, 0.15) is 13.2 Å². The molecule has 0 spiro atoms. The molecular formula is C25H24N4O6. The van der Waals surface area contributed by atoms with Crippen LogP contribution >= 0.6 is 0 Å². The molecule has 2 aromatic heterocycles. The standard InChI is InChI=1S/C25H24N4O6/c30-23(27-10-15-11-32-12-15)17-3-4-19-16(8-17)5-7-29-20(19)9-22(28-25(29)31)33-13-18-14-34-24-21(35-18)2-1-6-26-24/h1-4,6,8-9,15,18H,5,7,10-14H2,(H,27,30). The van der Waals surface area contributed by atoms with Crippen molar-refractivity contribution in [3.8, 4) is 28.8 Å². The lowest BCUT2D eigenvalue weighted by Gasteiger charge is -2.26. The Labute approximate surface area is 200 Å². The Kier molecular flexibility index (Phi) is 5.57. The molecule has 1 saturated heterocycles. The quantitative estimate of drug-likeness (QED) is 0.569. The van der Waals surface area contributed by atoms with Crippen LogP contribution in [0.2, 0.25) is 0 Å². The smallest absolute Gasteiger partial charge is 0.351 e. The number of hydrogen-bond acceptors (Lipinski definition) is 8. The molecule has 0 bridgehead atoms. The number of amides is 1. The zero-order valence-corrected chi connectivity index (χ0v) is 18.9. The van der Waals surface area contributed by atoms with Gasteiger partial charge >= 0.3 is 5.69 Å². The molecule has 10 nitrogen and oxygen atoms in total. The van der Waals surface area contributed by atoms with Crippen molar-refractivity contribution < 1.29 is 23.7 Å². The molecule has 0 radical (unpaired) electrons. The van der Waals surface area contributed by atoms with Crippen molar-refractivity contribution in [2.24, 2.45) is 5.92 Å². The summed E-state index contributed by atoms with van der Waals surface area (Å²) in [4.78, 5) is 33.5. The zero-order chi connectivity index (χ0) is 23.8. The summed E-state index contributed by atoms with van der Waals surface area (Å²) in [5, 5.41) is 2.97. The largest absolute Gasteiger partial charge is 0.478 e. The number of fused-ring (bicyclic) bond motifs is 4. The van der Waals surface area contributed by atoms with Crippen LogP contribution < -0.4 is 25.2 Å². The number of carbonyl (C=O) groups is 1. The molecule has 3 aromatic rings. The average Bonchev–Trinajstić information content (AvgIpc) is 2.86. The Morgan fingerprint density at radius 3 is 2.97 bits per heavy atom. The van der Waals surface area contributed by atoms with E-state index in [-0.39, 0.29) is 36.8 Å². The van der Waals surface area contributed by atoms with Crippen molar-refractivity contribution in [1.29, 1.82) is 0 Å². The van der Waals surface area contributed by atoms with Gasteiger partial charge in [0.2, 0.25) is 5.88 Å². The van der Waals surface area contributed by atoms with Crippen molar-refractivity contribution in [1.82, 2.24) is 19.9 Å². The second kappa shape index (κ2) is 9.03. The van der Waals surface area contributed by atoms with Crippen LogP contribution in [0.1, 0.15) is 15.9 Å². The zero-order valence-electron chi connectivity index (χ0n) is 18.9. The fourth-order valence-corrected chi connectivity index (χ4v) is 4.38. The third-order valence-corrected chi connectivity index (χ3v) is 6.35. The number of benzene rings is 1. The first-order chi connectivity index (χ1) is 17.1. The average molecular weight is 476 g/mol. The van der Waals surface area contributed by atoms with Gasteiger partial charge in [-0.15, -0.1) is 0 Å². The lowest BCUT2D eigenvalue weighted by Crippen LogP contribution is -2.39. The second-order valence-corrected chi connectivity index (χ2v) is 8.82. The van der Waals surface area contributed by atoms with Gasteiger partial charge in [-0.1, -0.05) is 6.07 Å². The molecule has 1 unspecified atom stereocenters. The molecule has 180 valence electrons. The molecule has 3 aliphatic rings. The first-order valence-corrected chi connectivity index (χ1v) is 11.6. The van der Waals surface area contributed by atoms with Crippen LogP contribution in [0, 0.1) is 5.92 Å². The number of pyridine rings is 1. The van der Waals surface area contributed by atoms with Gasteiger partial charge < -0.3 is 24.3 Å². The van der Waals surface area contributed by atoms with Gasteiger partial charge in [-0.3, -0.25) is 9.36 Å². The molecule has 0 saturated carbocycles. The number of ether oxygens (including phenoxy) is 4. The van der Waals surface area contributed by atoms with Crippen molar-refractivity contribution in [3.63, 3.8) is 0 Å². The van der Waals surface area contributed by atoms with E-state index in [0.29, 0.717) is 55.8 Å². The van der Waals surface area contributed by atoms with E-state index in [1.54, 1.807) is 35.0 Å². The molecule has 3 aliphatic heterocycles. The van der Waals surface area contributed by atoms with Crippen LogP contribution in [0.3, 0.4) is 0 Å². The maximum Gasteiger partial charge on any atom is 0.351 e. The maximum absolute atomic E-state index is 12.7. The second-order valence-electron chi connectivity index (χ2n) is 8.82. The highest BCUT2D eigenvalue weighted by molar-refractivity contribution is 5.95. The number of carbonyl (C=O) groups excluding carboxylic acids is 1. The van der Waals surface area contributed by atoms with Gasteiger partial charge in [-0.2, -0.15) is 4.98 Å². The summed E-state index contributed by atoms with van der Waals surface area (Å²) < 4.78 is 24.1. The van der Waals surface area contributed by atoms with Crippen LogP contribution in [-0.2, 0) is 17.7 Å². The topological polar surface area (TPSA) is 114 Å². The predicted molar refractivity (Wildman–Crippen MR) is 124 cm³/mol. The highest BCUT2D eigenvalue weighted by Crippen LogP contribution is 2.31. The van der Waals surface area contributed by atoms with E-state index >= 15 is 0 Å². The number of hydrogen-bond donors (Lipinski definition) is 1. The minimum atomic E-state index is -0.372. The van der Waals surface area contributed by atoms with Gasteiger partial charge in [0.25, 0.3) is 11.8 Å². The van der Waals surface area contributed by atoms with Crippen molar-refractivity contribution >= 4 is 5.91 Å². The third kappa shape index (κ3) is 4.32. The van der Waals surface area contributed by atoms with E-state index in [4.69, 9.17) is 18.9 Å². The summed E-state index contributed by atoms with van der Waals surface area (Å²) in [5.41, 5.74) is 2.85. The normalized spacial score (nSPS) is 18.1. The summed E-state index contributed by atoms with van der Waals surface area (Å²) in [6.07, 6.45) is 1.93. The Morgan fingerprint density at radius 1 is 1.20 bits per heavy atom. The summed E-state index contributed by atoms with van der Waals surface area (Å²) >= 11 is 0. The minimum Gasteiger partial charge on any atom is -0.478 e. The fraction of sp³-hybridized carbons (Fsp3) is 0.360. The Hall–Kier alpha value is -3.92. The van der Waals surface area contributed by atoms with Gasteiger partial charge in [0.05, 0.1) is 18.9 Å². The van der Waals surface area contributed by atoms with Crippen LogP contribution in [0.4, 0.5) is 0 Å². The highest BCUT2D eigenvalue weighted by Gasteiger charge is 2.25. The van der Waals surface area contributed by atoms with E-state index in [2.05, 4.69) is 15.3 Å². The van der Waals surface area contributed by atoms with Crippen molar-refractivity contribution in [2.45, 2.75) is 19.1 Å².